The fraction of sp³-hybridized carbons (Fsp3) is 0.387. The second-order valence-electron chi connectivity index (χ2n) is 10.5. The van der Waals surface area contributed by atoms with Crippen LogP contribution in [-0.4, -0.2) is 33.7 Å². The predicted octanol–water partition coefficient (Wildman–Crippen LogP) is 7.31. The summed E-state index contributed by atoms with van der Waals surface area (Å²) in [6, 6.07) is 19.7. The fourth-order valence-corrected chi connectivity index (χ4v) is 6.87. The Morgan fingerprint density at radius 1 is 0.973 bits per heavy atom. The number of carbonyl (C=O) groups excluding carboxylic acids is 1. The van der Waals surface area contributed by atoms with Crippen molar-refractivity contribution in [3.05, 3.63) is 83.0 Å². The molecule has 1 saturated carbocycles. The number of rotatable bonds is 8. The van der Waals surface area contributed by atoms with E-state index < -0.39 is 0 Å². The third kappa shape index (κ3) is 5.76. The first-order chi connectivity index (χ1) is 18.2. The molecular formula is C31H33N3O2S. The molecule has 0 bridgehead atoms. The van der Waals surface area contributed by atoms with E-state index in [1.54, 1.807) is 17.5 Å². The van der Waals surface area contributed by atoms with Crippen molar-refractivity contribution in [3.63, 3.8) is 0 Å². The van der Waals surface area contributed by atoms with Crippen LogP contribution in [0.5, 0.6) is 10.9 Å². The number of ether oxygens (including phenoxy) is 1. The molecule has 0 N–H and O–H groups in total. The average Bonchev–Trinajstić information content (AvgIpc) is 3.34. The van der Waals surface area contributed by atoms with Gasteiger partial charge in [0.25, 0.3) is 5.19 Å². The summed E-state index contributed by atoms with van der Waals surface area (Å²) in [7, 11) is 0. The van der Waals surface area contributed by atoms with Gasteiger partial charge in [-0.1, -0.05) is 60.6 Å². The third-order valence-electron chi connectivity index (χ3n) is 7.98. The second-order valence-corrected chi connectivity index (χ2v) is 11.5. The number of pyridine rings is 1. The summed E-state index contributed by atoms with van der Waals surface area (Å²) in [4.78, 5) is 26.2. The maximum atomic E-state index is 13.1. The lowest BCUT2D eigenvalue weighted by Gasteiger charge is -2.31. The van der Waals surface area contributed by atoms with E-state index in [1.807, 2.05) is 60.7 Å². The first-order valence-corrected chi connectivity index (χ1v) is 14.3. The van der Waals surface area contributed by atoms with Gasteiger partial charge in [0, 0.05) is 48.0 Å². The highest BCUT2D eigenvalue weighted by Gasteiger charge is 2.26. The fourth-order valence-electron chi connectivity index (χ4n) is 5.86. The number of Topliss-reactive ketones (excluding diaryl/α,β-unsaturated/α-hetero) is 1. The molecule has 0 amide bonds. The van der Waals surface area contributed by atoms with Gasteiger partial charge in [-0.15, -0.1) is 0 Å². The highest BCUT2D eigenvalue weighted by atomic mass is 32.1. The van der Waals surface area contributed by atoms with Crippen LogP contribution in [0.25, 0.3) is 10.9 Å². The molecule has 0 spiro atoms. The van der Waals surface area contributed by atoms with E-state index in [9.17, 15) is 4.79 Å². The van der Waals surface area contributed by atoms with E-state index in [-0.39, 0.29) is 5.78 Å². The van der Waals surface area contributed by atoms with Gasteiger partial charge in [0.15, 0.2) is 5.78 Å². The highest BCUT2D eigenvalue weighted by Crippen LogP contribution is 2.36. The summed E-state index contributed by atoms with van der Waals surface area (Å²) >= 11 is 1.69. The monoisotopic (exact) mass is 511 g/mol. The van der Waals surface area contributed by atoms with Gasteiger partial charge in [-0.25, -0.2) is 4.98 Å². The molecule has 4 aromatic rings. The van der Waals surface area contributed by atoms with E-state index in [0.717, 1.165) is 59.4 Å². The quantitative estimate of drug-likeness (QED) is 0.232. The van der Waals surface area contributed by atoms with E-state index in [2.05, 4.69) is 9.88 Å². The van der Waals surface area contributed by atoms with Crippen molar-refractivity contribution in [3.8, 4) is 10.9 Å². The van der Waals surface area contributed by atoms with Gasteiger partial charge in [0.1, 0.15) is 5.75 Å². The van der Waals surface area contributed by atoms with Crippen LogP contribution in [0.1, 0.15) is 59.5 Å². The Hall–Kier alpha value is -3.09. The molecule has 3 heterocycles. The molecule has 37 heavy (non-hydrogen) atoms. The van der Waals surface area contributed by atoms with E-state index in [4.69, 9.17) is 9.72 Å². The lowest BCUT2D eigenvalue weighted by molar-refractivity contribution is 0.0941. The number of ketones is 1. The van der Waals surface area contributed by atoms with Crippen LogP contribution in [0.2, 0.25) is 0 Å². The van der Waals surface area contributed by atoms with Gasteiger partial charge in [-0.05, 0) is 61.9 Å². The summed E-state index contributed by atoms with van der Waals surface area (Å²) in [5, 5.41) is 1.73. The summed E-state index contributed by atoms with van der Waals surface area (Å²) in [5.41, 5.74) is 2.94. The second kappa shape index (κ2) is 11.1. The van der Waals surface area contributed by atoms with E-state index in [0.29, 0.717) is 12.3 Å². The number of aromatic nitrogens is 2. The number of hydrogen-bond acceptors (Lipinski definition) is 6. The molecule has 2 aromatic carbocycles. The number of hydrogen-bond donors (Lipinski definition) is 0. The molecule has 0 saturated heterocycles. The molecule has 1 fully saturated rings. The zero-order valence-electron chi connectivity index (χ0n) is 21.1. The smallest absolute Gasteiger partial charge is 0.279 e. The van der Waals surface area contributed by atoms with Gasteiger partial charge in [0.2, 0.25) is 0 Å². The molecule has 5 nitrogen and oxygen atoms in total. The normalized spacial score (nSPS) is 20.0. The van der Waals surface area contributed by atoms with Crippen molar-refractivity contribution in [2.45, 2.75) is 51.5 Å². The molecule has 1 aliphatic heterocycles. The number of carbonyl (C=O) groups is 1. The predicted molar refractivity (Wildman–Crippen MR) is 148 cm³/mol. The topological polar surface area (TPSA) is 55.3 Å². The summed E-state index contributed by atoms with van der Waals surface area (Å²) in [6.45, 7) is 3.20. The average molecular weight is 512 g/mol. The van der Waals surface area contributed by atoms with Gasteiger partial charge < -0.3 is 4.74 Å². The molecule has 6 rings (SSSR count). The number of para-hydroxylation sites is 1. The molecule has 0 unspecified atom stereocenters. The first kappa shape index (κ1) is 24.3. The number of benzene rings is 2. The van der Waals surface area contributed by atoms with Crippen molar-refractivity contribution in [1.82, 2.24) is 14.9 Å². The Balaban J connectivity index is 0.962. The van der Waals surface area contributed by atoms with Crippen molar-refractivity contribution < 1.29 is 9.53 Å². The summed E-state index contributed by atoms with van der Waals surface area (Å²) < 4.78 is 5.97. The Kier molecular flexibility index (Phi) is 7.29. The van der Waals surface area contributed by atoms with Crippen LogP contribution in [0.3, 0.4) is 0 Å². The van der Waals surface area contributed by atoms with E-state index >= 15 is 0 Å². The minimum absolute atomic E-state index is 0.270. The Bertz CT molecular complexity index is 1360. The molecule has 1 aliphatic carbocycles. The Morgan fingerprint density at radius 3 is 2.68 bits per heavy atom. The standard InChI is InChI=1S/C31H33N3O2S/c35-29(26-8-4-10-27-25(26)9-5-17-32-27)20-23-13-11-22(12-14-23)15-18-34-19-16-28-30(21-34)37-31(33-28)36-24-6-2-1-3-7-24/h1-10,17,22-23H,11-16,18-21H2. The van der Waals surface area contributed by atoms with E-state index in [1.165, 1.54) is 42.7 Å². The van der Waals surface area contributed by atoms with Crippen LogP contribution in [0.4, 0.5) is 0 Å². The first-order valence-electron chi connectivity index (χ1n) is 13.5. The van der Waals surface area contributed by atoms with Crippen LogP contribution in [-0.2, 0) is 13.0 Å². The highest BCUT2D eigenvalue weighted by molar-refractivity contribution is 7.13. The van der Waals surface area contributed by atoms with Crippen molar-refractivity contribution in [2.75, 3.05) is 13.1 Å². The maximum absolute atomic E-state index is 13.1. The van der Waals surface area contributed by atoms with Gasteiger partial charge in [0.05, 0.1) is 11.2 Å². The lowest BCUT2D eigenvalue weighted by atomic mass is 9.78. The molecular weight excluding hydrogens is 478 g/mol. The van der Waals surface area contributed by atoms with Gasteiger partial charge >= 0.3 is 0 Å². The summed E-state index contributed by atoms with van der Waals surface area (Å²) in [6.07, 6.45) is 9.51. The minimum atomic E-state index is 0.270. The molecule has 6 heteroatoms. The molecule has 0 atom stereocenters. The molecule has 0 radical (unpaired) electrons. The van der Waals surface area contributed by atoms with Crippen molar-refractivity contribution in [2.24, 2.45) is 11.8 Å². The third-order valence-corrected chi connectivity index (χ3v) is 8.94. The number of fused-ring (bicyclic) bond motifs is 2. The van der Waals surface area contributed by atoms with Gasteiger partial charge in [-0.2, -0.15) is 0 Å². The van der Waals surface area contributed by atoms with Crippen LogP contribution in [0.15, 0.2) is 66.9 Å². The Labute approximate surface area is 222 Å². The van der Waals surface area contributed by atoms with Crippen molar-refractivity contribution >= 4 is 28.0 Å². The molecule has 190 valence electrons. The largest absolute Gasteiger partial charge is 0.431 e. The molecule has 2 aliphatic rings. The van der Waals surface area contributed by atoms with Crippen LogP contribution < -0.4 is 4.74 Å². The van der Waals surface area contributed by atoms with Crippen molar-refractivity contribution in [1.29, 1.82) is 0 Å². The van der Waals surface area contributed by atoms with Gasteiger partial charge in [-0.3, -0.25) is 14.7 Å². The Morgan fingerprint density at radius 2 is 1.81 bits per heavy atom. The maximum Gasteiger partial charge on any atom is 0.279 e. The minimum Gasteiger partial charge on any atom is -0.431 e. The summed E-state index contributed by atoms with van der Waals surface area (Å²) in [5.74, 6) is 2.39. The van der Waals surface area contributed by atoms with Crippen LogP contribution >= 0.6 is 11.3 Å². The lowest BCUT2D eigenvalue weighted by Crippen LogP contribution is -2.32. The molecule has 2 aromatic heterocycles. The SMILES string of the molecule is O=C(CC1CCC(CCN2CCc3nc(Oc4ccccc4)sc3C2)CC1)c1cccc2ncccc12. The van der Waals surface area contributed by atoms with Crippen LogP contribution in [0, 0.1) is 11.8 Å². The zero-order valence-corrected chi connectivity index (χ0v) is 22.0. The number of thiazole rings is 1. The number of nitrogens with zero attached hydrogens (tertiary/aromatic N) is 3. The zero-order chi connectivity index (χ0) is 25.0.